The molecule has 0 aliphatic heterocycles. The number of halogens is 1. The Morgan fingerprint density at radius 3 is 2.36 bits per heavy atom. The molecule has 4 aromatic rings. The number of aromatic nitrogens is 1. The van der Waals surface area contributed by atoms with Crippen molar-refractivity contribution in [1.82, 2.24) is 14.8 Å². The third kappa shape index (κ3) is 7.74. The molecule has 0 unspecified atom stereocenters. The zero-order valence-corrected chi connectivity index (χ0v) is 24.5. The monoisotopic (exact) mass is 543 g/mol. The number of aryl methyl sites for hydroxylation is 1. The Bertz CT molecular complexity index is 1340. The molecule has 39 heavy (non-hydrogen) atoms. The zero-order chi connectivity index (χ0) is 27.8. The lowest BCUT2D eigenvalue weighted by molar-refractivity contribution is -0.121. The van der Waals surface area contributed by atoms with Crippen LogP contribution in [0.4, 0.5) is 0 Å². The van der Waals surface area contributed by atoms with Crippen molar-refractivity contribution in [2.24, 2.45) is 0 Å². The smallest absolute Gasteiger partial charge is 0.221 e. The predicted molar refractivity (Wildman–Crippen MR) is 165 cm³/mol. The molecule has 0 radical (unpaired) electrons. The highest BCUT2D eigenvalue weighted by Crippen LogP contribution is 2.35. The van der Waals surface area contributed by atoms with E-state index in [1.54, 1.807) is 0 Å². The molecule has 1 aromatic heterocycles. The molecule has 0 saturated heterocycles. The van der Waals surface area contributed by atoms with Gasteiger partial charge in [0.25, 0.3) is 0 Å². The molecule has 0 saturated carbocycles. The third-order valence-electron chi connectivity index (χ3n) is 7.74. The van der Waals surface area contributed by atoms with Gasteiger partial charge in [0, 0.05) is 47.0 Å². The van der Waals surface area contributed by atoms with E-state index in [4.69, 9.17) is 11.6 Å². The van der Waals surface area contributed by atoms with Gasteiger partial charge in [0.15, 0.2) is 0 Å². The summed E-state index contributed by atoms with van der Waals surface area (Å²) in [5, 5.41) is 5.17. The van der Waals surface area contributed by atoms with Crippen molar-refractivity contribution in [2.45, 2.75) is 65.5 Å². The number of benzene rings is 3. The van der Waals surface area contributed by atoms with Crippen LogP contribution in [0.2, 0.25) is 5.02 Å². The van der Waals surface area contributed by atoms with E-state index in [-0.39, 0.29) is 17.9 Å². The molecular weight excluding hydrogens is 502 g/mol. The maximum absolute atomic E-state index is 13.4. The number of para-hydroxylation sites is 1. The van der Waals surface area contributed by atoms with E-state index in [1.165, 1.54) is 27.6 Å². The highest BCUT2D eigenvalue weighted by Gasteiger charge is 2.23. The van der Waals surface area contributed by atoms with Crippen molar-refractivity contribution >= 4 is 28.4 Å². The first-order valence-electron chi connectivity index (χ1n) is 14.3. The average Bonchev–Trinajstić information content (AvgIpc) is 3.29. The molecule has 4 rings (SSSR count). The quantitative estimate of drug-likeness (QED) is 0.187. The molecule has 5 heteroatoms. The number of carbonyl (C=O) groups excluding carboxylic acids is 1. The summed E-state index contributed by atoms with van der Waals surface area (Å²) in [4.78, 5) is 15.8. The van der Waals surface area contributed by atoms with Gasteiger partial charge in [0.1, 0.15) is 0 Å². The van der Waals surface area contributed by atoms with Gasteiger partial charge in [-0.05, 0) is 81.2 Å². The molecule has 0 bridgehead atoms. The number of nitrogens with zero attached hydrogens (tertiary/aromatic N) is 2. The maximum atomic E-state index is 13.4. The van der Waals surface area contributed by atoms with Gasteiger partial charge >= 0.3 is 0 Å². The molecule has 2 atom stereocenters. The molecule has 0 aliphatic rings. The summed E-state index contributed by atoms with van der Waals surface area (Å²) in [6.07, 6.45) is 4.69. The normalized spacial score (nSPS) is 13.1. The summed E-state index contributed by atoms with van der Waals surface area (Å²) in [5.41, 5.74) is 5.96. The third-order valence-corrected chi connectivity index (χ3v) is 8.00. The van der Waals surface area contributed by atoms with Crippen LogP contribution in [0, 0.1) is 6.92 Å². The topological polar surface area (TPSA) is 37.3 Å². The van der Waals surface area contributed by atoms with Crippen LogP contribution in [0.1, 0.15) is 68.2 Å². The van der Waals surface area contributed by atoms with Gasteiger partial charge in [0.05, 0.1) is 0 Å². The van der Waals surface area contributed by atoms with Gasteiger partial charge < -0.3 is 14.8 Å². The summed E-state index contributed by atoms with van der Waals surface area (Å²) in [6.45, 7) is 12.6. The Morgan fingerprint density at radius 2 is 1.67 bits per heavy atom. The van der Waals surface area contributed by atoms with Crippen molar-refractivity contribution in [3.8, 4) is 0 Å². The van der Waals surface area contributed by atoms with Gasteiger partial charge in [0.2, 0.25) is 5.91 Å². The van der Waals surface area contributed by atoms with Crippen molar-refractivity contribution in [3.05, 3.63) is 106 Å². The Morgan fingerprint density at radius 1 is 0.974 bits per heavy atom. The number of amides is 1. The van der Waals surface area contributed by atoms with Crippen molar-refractivity contribution in [1.29, 1.82) is 0 Å². The summed E-state index contributed by atoms with van der Waals surface area (Å²) in [6, 6.07) is 25.3. The minimum Gasteiger partial charge on any atom is -0.354 e. The molecule has 0 fully saturated rings. The fourth-order valence-electron chi connectivity index (χ4n) is 5.43. The highest BCUT2D eigenvalue weighted by molar-refractivity contribution is 6.30. The van der Waals surface area contributed by atoms with Crippen molar-refractivity contribution in [2.75, 3.05) is 19.6 Å². The first-order valence-corrected chi connectivity index (χ1v) is 14.7. The molecule has 206 valence electrons. The second-order valence-corrected chi connectivity index (χ2v) is 11.1. The Balaban J connectivity index is 1.58. The summed E-state index contributed by atoms with van der Waals surface area (Å²) in [7, 11) is 0. The van der Waals surface area contributed by atoms with E-state index in [0.29, 0.717) is 11.4 Å². The zero-order valence-electron chi connectivity index (χ0n) is 23.8. The fraction of sp³-hybridized carbons (Fsp3) is 0.382. The lowest BCUT2D eigenvalue weighted by atomic mass is 9.88. The number of carbonyl (C=O) groups is 1. The minimum absolute atomic E-state index is 0.0747. The van der Waals surface area contributed by atoms with Crippen LogP contribution in [0.5, 0.6) is 0 Å². The second-order valence-electron chi connectivity index (χ2n) is 10.7. The average molecular weight is 544 g/mol. The second kappa shape index (κ2) is 13.8. The van der Waals surface area contributed by atoms with E-state index in [1.807, 2.05) is 12.1 Å². The van der Waals surface area contributed by atoms with Gasteiger partial charge in [-0.2, -0.15) is 0 Å². The number of rotatable bonds is 13. The minimum atomic E-state index is -0.0747. The molecule has 0 spiro atoms. The van der Waals surface area contributed by atoms with E-state index in [9.17, 15) is 4.79 Å². The first-order chi connectivity index (χ1) is 18.9. The molecule has 4 nitrogen and oxygen atoms in total. The summed E-state index contributed by atoms with van der Waals surface area (Å²) in [5.74, 6) is 0.00923. The van der Waals surface area contributed by atoms with Gasteiger partial charge in [-0.25, -0.2) is 0 Å². The van der Waals surface area contributed by atoms with Gasteiger partial charge in [-0.3, -0.25) is 4.79 Å². The van der Waals surface area contributed by atoms with Crippen LogP contribution in [0.15, 0.2) is 79.0 Å². The predicted octanol–water partition coefficient (Wildman–Crippen LogP) is 7.80. The first kappa shape index (κ1) is 28.9. The van der Waals surface area contributed by atoms with E-state index in [0.717, 1.165) is 44.6 Å². The number of hydrogen-bond acceptors (Lipinski definition) is 2. The van der Waals surface area contributed by atoms with Gasteiger partial charge in [-0.1, -0.05) is 85.6 Å². The highest BCUT2D eigenvalue weighted by atomic mass is 35.5. The van der Waals surface area contributed by atoms with E-state index in [2.05, 4.69) is 109 Å². The molecule has 0 aliphatic carbocycles. The maximum Gasteiger partial charge on any atom is 0.221 e. The molecule has 1 heterocycles. The lowest BCUT2D eigenvalue weighted by Gasteiger charge is -2.21. The Labute approximate surface area is 239 Å². The molecular formula is C34H42ClN3O. The largest absolute Gasteiger partial charge is 0.354 e. The summed E-state index contributed by atoms with van der Waals surface area (Å²) < 4.78 is 2.31. The molecule has 1 N–H and O–H groups in total. The summed E-state index contributed by atoms with van der Waals surface area (Å²) >= 11 is 6.24. The van der Waals surface area contributed by atoms with Crippen LogP contribution in [-0.4, -0.2) is 41.1 Å². The van der Waals surface area contributed by atoms with Gasteiger partial charge in [-0.15, -0.1) is 0 Å². The number of nitrogens with one attached hydrogen (secondary N) is 1. The number of hydrogen-bond donors (Lipinski definition) is 1. The van der Waals surface area contributed by atoms with Crippen molar-refractivity contribution in [3.63, 3.8) is 0 Å². The SMILES string of the molecule is CCN(CC)CCC[C@@H](C)NC(=O)C[C@H](c1ccc(Cl)cc1)c1cn(Cc2ccc(C)cc2)c2ccccc12. The Hall–Kier alpha value is -3.08. The Kier molecular flexibility index (Phi) is 10.2. The van der Waals surface area contributed by atoms with Crippen LogP contribution in [-0.2, 0) is 11.3 Å². The standard InChI is InChI=1S/C34H42ClN3O/c1-5-37(6-2)21-9-10-26(4)36-34(39)22-31(28-17-19-29(35)20-18-28)32-24-38(33-12-8-7-11-30(32)33)23-27-15-13-25(3)14-16-27/h7-8,11-20,24,26,31H,5-6,9-10,21-23H2,1-4H3,(H,36,39)/t26-,31-/m1/s1. The molecule has 1 amide bonds. The lowest BCUT2D eigenvalue weighted by Crippen LogP contribution is -2.34. The number of fused-ring (bicyclic) bond motifs is 1. The molecule has 3 aromatic carbocycles. The van der Waals surface area contributed by atoms with Crippen LogP contribution >= 0.6 is 11.6 Å². The van der Waals surface area contributed by atoms with Crippen LogP contribution in [0.25, 0.3) is 10.9 Å². The van der Waals surface area contributed by atoms with Crippen LogP contribution in [0.3, 0.4) is 0 Å². The van der Waals surface area contributed by atoms with E-state index < -0.39 is 0 Å². The van der Waals surface area contributed by atoms with Crippen molar-refractivity contribution < 1.29 is 4.79 Å². The fourth-order valence-corrected chi connectivity index (χ4v) is 5.55. The van der Waals surface area contributed by atoms with E-state index >= 15 is 0 Å². The van der Waals surface area contributed by atoms with Crippen LogP contribution < -0.4 is 5.32 Å².